The molecule has 8 heteroatoms. The van der Waals surface area contributed by atoms with Gasteiger partial charge in [0.15, 0.2) is 5.69 Å². The SMILES string of the molecule is CCOC(=O)NNC(=O)c1nn(C(C)C)c(=O)c2ccccc12. The van der Waals surface area contributed by atoms with Gasteiger partial charge in [0.1, 0.15) is 0 Å². The summed E-state index contributed by atoms with van der Waals surface area (Å²) in [5.41, 5.74) is 4.12. The minimum Gasteiger partial charge on any atom is -0.449 e. The lowest BCUT2D eigenvalue weighted by Crippen LogP contribution is -2.43. The van der Waals surface area contributed by atoms with Gasteiger partial charge < -0.3 is 4.74 Å². The van der Waals surface area contributed by atoms with Crippen LogP contribution in [-0.4, -0.2) is 28.4 Å². The fourth-order valence-corrected chi connectivity index (χ4v) is 2.06. The molecule has 0 fully saturated rings. The second-order valence-electron chi connectivity index (χ2n) is 5.04. The molecule has 0 atom stereocenters. The second-order valence-corrected chi connectivity index (χ2v) is 5.04. The molecule has 1 aromatic carbocycles. The van der Waals surface area contributed by atoms with E-state index in [1.807, 2.05) is 0 Å². The van der Waals surface area contributed by atoms with Gasteiger partial charge in [0.25, 0.3) is 11.5 Å². The quantitative estimate of drug-likeness (QED) is 0.832. The summed E-state index contributed by atoms with van der Waals surface area (Å²) in [7, 11) is 0. The second kappa shape index (κ2) is 6.91. The number of nitrogens with one attached hydrogen (secondary N) is 2. The Labute approximate surface area is 132 Å². The van der Waals surface area contributed by atoms with Crippen molar-refractivity contribution in [1.82, 2.24) is 20.6 Å². The third-order valence-electron chi connectivity index (χ3n) is 3.09. The molecule has 122 valence electrons. The number of carbonyl (C=O) groups is 2. The highest BCUT2D eigenvalue weighted by Gasteiger charge is 2.18. The Balaban J connectivity index is 2.43. The van der Waals surface area contributed by atoms with Crippen LogP contribution in [0.4, 0.5) is 4.79 Å². The van der Waals surface area contributed by atoms with E-state index in [0.29, 0.717) is 10.8 Å². The van der Waals surface area contributed by atoms with Gasteiger partial charge in [-0.1, -0.05) is 18.2 Å². The number of rotatable bonds is 3. The molecule has 1 heterocycles. The van der Waals surface area contributed by atoms with Crippen LogP contribution in [0.1, 0.15) is 37.3 Å². The first-order valence-corrected chi connectivity index (χ1v) is 7.20. The van der Waals surface area contributed by atoms with E-state index in [1.54, 1.807) is 45.0 Å². The van der Waals surface area contributed by atoms with Crippen molar-refractivity contribution in [2.45, 2.75) is 26.8 Å². The normalized spacial score (nSPS) is 10.6. The van der Waals surface area contributed by atoms with E-state index in [4.69, 9.17) is 0 Å². The number of benzene rings is 1. The van der Waals surface area contributed by atoms with Gasteiger partial charge in [0, 0.05) is 5.39 Å². The van der Waals surface area contributed by atoms with E-state index in [1.165, 1.54) is 4.68 Å². The van der Waals surface area contributed by atoms with Gasteiger partial charge in [-0.2, -0.15) is 5.10 Å². The summed E-state index contributed by atoms with van der Waals surface area (Å²) in [6.07, 6.45) is -0.776. The van der Waals surface area contributed by atoms with E-state index in [-0.39, 0.29) is 23.9 Å². The van der Waals surface area contributed by atoms with E-state index in [0.717, 1.165) is 0 Å². The van der Waals surface area contributed by atoms with Crippen LogP contribution in [0.2, 0.25) is 0 Å². The molecule has 0 aliphatic heterocycles. The maximum atomic E-state index is 12.4. The smallest absolute Gasteiger partial charge is 0.426 e. The maximum Gasteiger partial charge on any atom is 0.426 e. The molecule has 0 bridgehead atoms. The van der Waals surface area contributed by atoms with Crippen molar-refractivity contribution in [3.8, 4) is 0 Å². The molecule has 2 rings (SSSR count). The summed E-state index contributed by atoms with van der Waals surface area (Å²) in [4.78, 5) is 35.9. The van der Waals surface area contributed by atoms with Crippen molar-refractivity contribution in [3.05, 3.63) is 40.3 Å². The molecule has 0 aliphatic rings. The third kappa shape index (κ3) is 3.47. The lowest BCUT2D eigenvalue weighted by atomic mass is 10.1. The zero-order chi connectivity index (χ0) is 17.0. The van der Waals surface area contributed by atoms with Crippen LogP contribution in [0.5, 0.6) is 0 Å². The van der Waals surface area contributed by atoms with Crippen LogP contribution in [-0.2, 0) is 4.74 Å². The summed E-state index contributed by atoms with van der Waals surface area (Å²) in [6, 6.07) is 6.48. The highest BCUT2D eigenvalue weighted by molar-refractivity contribution is 6.05. The molecule has 0 saturated heterocycles. The van der Waals surface area contributed by atoms with Crippen LogP contribution >= 0.6 is 0 Å². The van der Waals surface area contributed by atoms with Crippen molar-refractivity contribution >= 4 is 22.8 Å². The Hall–Kier alpha value is -2.90. The number of aromatic nitrogens is 2. The number of hydrogen-bond donors (Lipinski definition) is 2. The van der Waals surface area contributed by atoms with E-state index in [2.05, 4.69) is 20.7 Å². The Morgan fingerprint density at radius 1 is 1.22 bits per heavy atom. The zero-order valence-corrected chi connectivity index (χ0v) is 13.1. The van der Waals surface area contributed by atoms with E-state index < -0.39 is 12.0 Å². The number of amides is 2. The molecule has 2 aromatic rings. The van der Waals surface area contributed by atoms with Crippen molar-refractivity contribution in [1.29, 1.82) is 0 Å². The van der Waals surface area contributed by atoms with Crippen molar-refractivity contribution in [3.63, 3.8) is 0 Å². The lowest BCUT2D eigenvalue weighted by molar-refractivity contribution is 0.0907. The Morgan fingerprint density at radius 3 is 2.48 bits per heavy atom. The molecular formula is C15H18N4O4. The highest BCUT2D eigenvalue weighted by atomic mass is 16.5. The molecule has 0 radical (unpaired) electrons. The number of nitrogens with zero attached hydrogens (tertiary/aromatic N) is 2. The average Bonchev–Trinajstić information content (AvgIpc) is 2.53. The molecule has 2 N–H and O–H groups in total. The van der Waals surface area contributed by atoms with Crippen LogP contribution in [0.15, 0.2) is 29.1 Å². The molecular weight excluding hydrogens is 300 g/mol. The number of hydrogen-bond acceptors (Lipinski definition) is 5. The van der Waals surface area contributed by atoms with Gasteiger partial charge in [-0.25, -0.2) is 14.9 Å². The zero-order valence-electron chi connectivity index (χ0n) is 13.1. The van der Waals surface area contributed by atoms with Crippen molar-refractivity contribution < 1.29 is 14.3 Å². The van der Waals surface area contributed by atoms with E-state index >= 15 is 0 Å². The third-order valence-corrected chi connectivity index (χ3v) is 3.09. The summed E-state index contributed by atoms with van der Waals surface area (Å²) < 4.78 is 5.89. The summed E-state index contributed by atoms with van der Waals surface area (Å²) in [5.74, 6) is -0.636. The lowest BCUT2D eigenvalue weighted by Gasteiger charge is -2.13. The summed E-state index contributed by atoms with van der Waals surface area (Å²) >= 11 is 0. The summed E-state index contributed by atoms with van der Waals surface area (Å²) in [6.45, 7) is 5.42. The number of fused-ring (bicyclic) bond motifs is 1. The monoisotopic (exact) mass is 318 g/mol. The predicted molar refractivity (Wildman–Crippen MR) is 84.0 cm³/mol. The average molecular weight is 318 g/mol. The first kappa shape index (κ1) is 16.5. The van der Waals surface area contributed by atoms with Crippen molar-refractivity contribution in [2.24, 2.45) is 0 Å². The van der Waals surface area contributed by atoms with Crippen LogP contribution in [0.3, 0.4) is 0 Å². The maximum absolute atomic E-state index is 12.4. The van der Waals surface area contributed by atoms with Gasteiger partial charge in [-0.15, -0.1) is 0 Å². The largest absolute Gasteiger partial charge is 0.449 e. The molecule has 0 saturated carbocycles. The number of ether oxygens (including phenoxy) is 1. The Kier molecular flexibility index (Phi) is 4.95. The minimum absolute atomic E-state index is 0.0469. The molecule has 0 unspecified atom stereocenters. The fraction of sp³-hybridized carbons (Fsp3) is 0.333. The fourth-order valence-electron chi connectivity index (χ4n) is 2.06. The van der Waals surface area contributed by atoms with Crippen molar-refractivity contribution in [2.75, 3.05) is 6.61 Å². The van der Waals surface area contributed by atoms with Gasteiger partial charge in [0.2, 0.25) is 0 Å². The molecule has 8 nitrogen and oxygen atoms in total. The van der Waals surface area contributed by atoms with Gasteiger partial charge in [-0.05, 0) is 26.8 Å². The van der Waals surface area contributed by atoms with Crippen LogP contribution in [0, 0.1) is 0 Å². The molecule has 2 amide bonds. The van der Waals surface area contributed by atoms with Gasteiger partial charge in [0.05, 0.1) is 18.0 Å². The number of carbonyl (C=O) groups excluding carboxylic acids is 2. The standard InChI is InChI=1S/C15H18N4O4/c1-4-23-15(22)17-16-13(20)12-10-7-5-6-8-11(10)14(21)19(18-12)9(2)3/h5-9H,4H2,1-3H3,(H,16,20)(H,17,22). The Morgan fingerprint density at radius 2 is 1.87 bits per heavy atom. The van der Waals surface area contributed by atoms with Crippen LogP contribution < -0.4 is 16.4 Å². The first-order chi connectivity index (χ1) is 11.0. The van der Waals surface area contributed by atoms with Gasteiger partial charge in [-0.3, -0.25) is 15.0 Å². The topological polar surface area (TPSA) is 102 Å². The minimum atomic E-state index is -0.776. The Bertz CT molecular complexity index is 798. The predicted octanol–water partition coefficient (Wildman–Crippen LogP) is 1.37. The van der Waals surface area contributed by atoms with Crippen LogP contribution in [0.25, 0.3) is 10.8 Å². The molecule has 23 heavy (non-hydrogen) atoms. The van der Waals surface area contributed by atoms with Gasteiger partial charge >= 0.3 is 6.09 Å². The summed E-state index contributed by atoms with van der Waals surface area (Å²) in [5, 5.41) is 4.92. The van der Waals surface area contributed by atoms with E-state index in [9.17, 15) is 14.4 Å². The molecule has 0 spiro atoms. The molecule has 1 aromatic heterocycles. The molecule has 0 aliphatic carbocycles. The first-order valence-electron chi connectivity index (χ1n) is 7.20. The number of hydrazine groups is 1. The highest BCUT2D eigenvalue weighted by Crippen LogP contribution is 2.14.